The van der Waals surface area contributed by atoms with E-state index >= 15 is 0 Å². The van der Waals surface area contributed by atoms with Crippen molar-refractivity contribution in [2.24, 2.45) is 16.6 Å². The summed E-state index contributed by atoms with van der Waals surface area (Å²) >= 11 is 0. The summed E-state index contributed by atoms with van der Waals surface area (Å²) in [4.78, 5) is 34.3. The largest absolute Gasteiger partial charge is 0.522 e. The smallest absolute Gasteiger partial charge is 0.370 e. The van der Waals surface area contributed by atoms with E-state index in [4.69, 9.17) is 5.73 Å². The van der Waals surface area contributed by atoms with E-state index in [9.17, 15) is 27.6 Å². The number of hydrogen-bond donors (Lipinski definition) is 3. The molecule has 0 aromatic carbocycles. The summed E-state index contributed by atoms with van der Waals surface area (Å²) in [6, 6.07) is 0. The van der Waals surface area contributed by atoms with Crippen molar-refractivity contribution in [3.8, 4) is 0 Å². The molecule has 0 spiro atoms. The Kier molecular flexibility index (Phi) is 4.56. The van der Waals surface area contributed by atoms with E-state index in [2.05, 4.69) is 15.6 Å². The third kappa shape index (κ3) is 4.12. The van der Waals surface area contributed by atoms with E-state index < -0.39 is 30.2 Å². The number of nitrogens with two attached hydrogens (primary N) is 1. The summed E-state index contributed by atoms with van der Waals surface area (Å²) in [6.45, 7) is -0.621. The quantitative estimate of drug-likeness (QED) is 0.464. The first-order valence-corrected chi connectivity index (χ1v) is 7.14. The van der Waals surface area contributed by atoms with Crippen molar-refractivity contribution in [1.82, 2.24) is 10.9 Å². The molecule has 0 aromatic heterocycles. The van der Waals surface area contributed by atoms with Crippen molar-refractivity contribution in [1.29, 1.82) is 0 Å². The second-order valence-electron chi connectivity index (χ2n) is 6.35. The Labute approximate surface area is 130 Å². The molecule has 3 aliphatic rings. The predicted octanol–water partition coefficient (Wildman–Crippen LogP) is 0.496. The average Bonchev–Trinajstić information content (AvgIpc) is 2.33. The summed E-state index contributed by atoms with van der Waals surface area (Å²) in [7, 11) is 0. The third-order valence-electron chi connectivity index (χ3n) is 4.30. The molecule has 2 bridgehead atoms. The minimum atomic E-state index is -4.71. The summed E-state index contributed by atoms with van der Waals surface area (Å²) in [5, 5.41) is 0. The molecule has 3 fully saturated rings. The Morgan fingerprint density at radius 2 is 1.74 bits per heavy atom. The molecule has 3 aliphatic carbocycles. The second-order valence-corrected chi connectivity index (χ2v) is 6.35. The van der Waals surface area contributed by atoms with Crippen LogP contribution in [0.4, 0.5) is 13.2 Å². The Bertz CT molecular complexity index is 501. The maximum Gasteiger partial charge on any atom is 0.522 e. The number of hydrogen-bond acceptors (Lipinski definition) is 4. The highest BCUT2D eigenvalue weighted by Gasteiger charge is 2.71. The van der Waals surface area contributed by atoms with E-state index in [1.807, 2.05) is 0 Å². The number of carbonyl (C=O) groups is 3. The van der Waals surface area contributed by atoms with Crippen molar-refractivity contribution in [3.63, 3.8) is 0 Å². The van der Waals surface area contributed by atoms with E-state index in [1.54, 1.807) is 0 Å². The Balaban J connectivity index is 1.59. The van der Waals surface area contributed by atoms with Gasteiger partial charge in [0.05, 0.1) is 12.0 Å². The topological polar surface area (TPSA) is 111 Å². The summed E-state index contributed by atoms with van der Waals surface area (Å²) in [5.74, 6) is -1.33. The van der Waals surface area contributed by atoms with Crippen LogP contribution in [0.25, 0.3) is 0 Å². The molecule has 3 amide bonds. The first kappa shape index (κ1) is 17.5. The Morgan fingerprint density at radius 1 is 1.13 bits per heavy atom. The summed E-state index contributed by atoms with van der Waals surface area (Å²) in [5.41, 5.74) is 8.86. The number of alkyl halides is 3. The van der Waals surface area contributed by atoms with Crippen LogP contribution in [-0.2, 0) is 19.1 Å². The van der Waals surface area contributed by atoms with Gasteiger partial charge < -0.3 is 5.73 Å². The molecule has 0 saturated heterocycles. The standard InChI is InChI=1S/C13H18F3N3O4/c14-13(15,16)23-3-1-2-9(21)18-19-10(22)12-5-11(6-12,7-12)4-8(17)20/h1-7H2,(H2,17,20)(H,18,21)(H,19,22). The molecular formula is C13H18F3N3O4. The predicted molar refractivity (Wildman–Crippen MR) is 70.1 cm³/mol. The first-order chi connectivity index (χ1) is 10.6. The van der Waals surface area contributed by atoms with Crippen LogP contribution in [0.5, 0.6) is 0 Å². The molecule has 3 rings (SSSR count). The summed E-state index contributed by atoms with van der Waals surface area (Å²) < 4.78 is 38.7. The molecule has 7 nitrogen and oxygen atoms in total. The minimum Gasteiger partial charge on any atom is -0.370 e. The maximum atomic E-state index is 12.0. The normalized spacial score (nSPS) is 28.3. The number of carbonyl (C=O) groups excluding carboxylic acids is 3. The number of halogens is 3. The molecule has 130 valence electrons. The van der Waals surface area contributed by atoms with E-state index in [0.29, 0.717) is 19.3 Å². The fourth-order valence-electron chi connectivity index (χ4n) is 3.54. The van der Waals surface area contributed by atoms with Gasteiger partial charge in [0, 0.05) is 12.8 Å². The van der Waals surface area contributed by atoms with Gasteiger partial charge in [0.25, 0.3) is 0 Å². The molecular weight excluding hydrogens is 319 g/mol. The molecule has 0 unspecified atom stereocenters. The van der Waals surface area contributed by atoms with Crippen molar-refractivity contribution < 1.29 is 32.3 Å². The highest BCUT2D eigenvalue weighted by Crippen LogP contribution is 2.74. The van der Waals surface area contributed by atoms with Gasteiger partial charge in [-0.3, -0.25) is 30.0 Å². The van der Waals surface area contributed by atoms with Crippen LogP contribution in [0, 0.1) is 10.8 Å². The third-order valence-corrected chi connectivity index (χ3v) is 4.30. The SMILES string of the molecule is NC(=O)CC12CC(C(=O)NNC(=O)CCCOC(F)(F)F)(C1)C2. The van der Waals surface area contributed by atoms with Gasteiger partial charge in [0.1, 0.15) is 0 Å². The number of amides is 3. The van der Waals surface area contributed by atoms with Crippen LogP contribution in [0.2, 0.25) is 0 Å². The second kappa shape index (κ2) is 5.99. The average molecular weight is 337 g/mol. The van der Waals surface area contributed by atoms with Gasteiger partial charge in [-0.25, -0.2) is 0 Å². The van der Waals surface area contributed by atoms with Gasteiger partial charge in [-0.1, -0.05) is 0 Å². The van der Waals surface area contributed by atoms with Crippen molar-refractivity contribution in [2.45, 2.75) is 44.9 Å². The molecule has 23 heavy (non-hydrogen) atoms. The van der Waals surface area contributed by atoms with Crippen LogP contribution >= 0.6 is 0 Å². The minimum absolute atomic E-state index is 0.117. The lowest BCUT2D eigenvalue weighted by molar-refractivity contribution is -0.324. The molecule has 0 radical (unpaired) electrons. The monoisotopic (exact) mass is 337 g/mol. The van der Waals surface area contributed by atoms with Gasteiger partial charge in [-0.15, -0.1) is 13.2 Å². The van der Waals surface area contributed by atoms with Crippen LogP contribution in [0.3, 0.4) is 0 Å². The van der Waals surface area contributed by atoms with Crippen molar-refractivity contribution in [3.05, 3.63) is 0 Å². The lowest BCUT2D eigenvalue weighted by Gasteiger charge is -2.69. The van der Waals surface area contributed by atoms with Crippen LogP contribution < -0.4 is 16.6 Å². The number of rotatable bonds is 7. The molecule has 10 heteroatoms. The molecule has 0 heterocycles. The Hall–Kier alpha value is -1.84. The van der Waals surface area contributed by atoms with Crippen LogP contribution in [0.1, 0.15) is 38.5 Å². The van der Waals surface area contributed by atoms with E-state index in [1.165, 1.54) is 0 Å². The number of primary amides is 1. The molecule has 0 aliphatic heterocycles. The lowest BCUT2D eigenvalue weighted by Crippen LogP contribution is -2.69. The number of hydrazine groups is 1. The fourth-order valence-corrected chi connectivity index (χ4v) is 3.54. The molecule has 0 aromatic rings. The first-order valence-electron chi connectivity index (χ1n) is 7.14. The fraction of sp³-hybridized carbons (Fsp3) is 0.769. The molecule has 4 N–H and O–H groups in total. The van der Waals surface area contributed by atoms with Crippen molar-refractivity contribution >= 4 is 17.7 Å². The summed E-state index contributed by atoms with van der Waals surface area (Å²) in [6.07, 6.45) is -3.09. The van der Waals surface area contributed by atoms with Gasteiger partial charge in [-0.2, -0.15) is 0 Å². The lowest BCUT2D eigenvalue weighted by atomic mass is 9.34. The molecule has 0 atom stereocenters. The van der Waals surface area contributed by atoms with E-state index in [-0.39, 0.29) is 30.6 Å². The van der Waals surface area contributed by atoms with Gasteiger partial charge in [-0.05, 0) is 31.1 Å². The zero-order chi connectivity index (χ0) is 17.3. The van der Waals surface area contributed by atoms with Gasteiger partial charge >= 0.3 is 6.36 Å². The highest BCUT2D eigenvalue weighted by atomic mass is 19.4. The highest BCUT2D eigenvalue weighted by molar-refractivity contribution is 5.89. The maximum absolute atomic E-state index is 12.0. The van der Waals surface area contributed by atoms with Crippen LogP contribution in [-0.4, -0.2) is 30.7 Å². The zero-order valence-electron chi connectivity index (χ0n) is 12.3. The van der Waals surface area contributed by atoms with Crippen molar-refractivity contribution in [2.75, 3.05) is 6.61 Å². The number of ether oxygens (including phenoxy) is 1. The zero-order valence-corrected chi connectivity index (χ0v) is 12.3. The van der Waals surface area contributed by atoms with Gasteiger partial charge in [0.15, 0.2) is 0 Å². The Morgan fingerprint density at radius 3 is 2.26 bits per heavy atom. The van der Waals surface area contributed by atoms with E-state index in [0.717, 1.165) is 0 Å². The van der Waals surface area contributed by atoms with Crippen LogP contribution in [0.15, 0.2) is 0 Å². The molecule has 3 saturated carbocycles. The number of nitrogens with one attached hydrogen (secondary N) is 2. The van der Waals surface area contributed by atoms with Gasteiger partial charge in [0.2, 0.25) is 17.7 Å².